The minimum atomic E-state index is 0.706. The zero-order valence-corrected chi connectivity index (χ0v) is 17.3. The van der Waals surface area contributed by atoms with E-state index in [9.17, 15) is 0 Å². The molecule has 8 heteroatoms. The number of likely N-dealkylation sites (N-methyl/N-ethyl adjacent to an activating group) is 1. The molecule has 0 aromatic rings. The van der Waals surface area contributed by atoms with Crippen LogP contribution in [0.1, 0.15) is 13.3 Å². The first-order valence-corrected chi connectivity index (χ1v) is 10.5. The van der Waals surface area contributed by atoms with E-state index in [0.717, 1.165) is 91.6 Å². The molecule has 0 aliphatic heterocycles. The maximum atomic E-state index is 5.42. The Hall–Kier alpha value is -0.320. The van der Waals surface area contributed by atoms with E-state index in [0.29, 0.717) is 6.54 Å². The molecule has 8 N–H and O–H groups in total. The Balaban J connectivity index is 3.39. The third kappa shape index (κ3) is 20.0. The van der Waals surface area contributed by atoms with Gasteiger partial charge < -0.3 is 37.6 Å². The van der Waals surface area contributed by atoms with E-state index in [1.807, 2.05) is 7.05 Å². The quantitative estimate of drug-likeness (QED) is 0.107. The first-order valence-electron chi connectivity index (χ1n) is 10.5. The molecule has 0 amide bonds. The van der Waals surface area contributed by atoms with Crippen molar-refractivity contribution in [3.8, 4) is 0 Å². The number of nitrogens with two attached hydrogens (primary N) is 1. The molecule has 158 valence electrons. The standard InChI is InChI=1S/C18H46N8/c1-3-5-21-14-17-26(16-13-20-2)18-15-25-12-11-24-10-9-23-8-7-22-6-4-19/h20-25H,3-19H2,1-2H3. The minimum absolute atomic E-state index is 0.706. The summed E-state index contributed by atoms with van der Waals surface area (Å²) in [4.78, 5) is 2.52. The fourth-order valence-electron chi connectivity index (χ4n) is 2.51. The highest BCUT2D eigenvalue weighted by atomic mass is 15.2. The van der Waals surface area contributed by atoms with Gasteiger partial charge in [-0.05, 0) is 20.0 Å². The zero-order chi connectivity index (χ0) is 19.1. The Kier molecular flexibility index (Phi) is 22.4. The van der Waals surface area contributed by atoms with E-state index in [2.05, 4.69) is 43.7 Å². The van der Waals surface area contributed by atoms with Gasteiger partial charge in [0.1, 0.15) is 0 Å². The van der Waals surface area contributed by atoms with Gasteiger partial charge in [0.2, 0.25) is 0 Å². The van der Waals surface area contributed by atoms with Crippen LogP contribution in [0, 0.1) is 0 Å². The minimum Gasteiger partial charge on any atom is -0.329 e. The number of rotatable bonds is 22. The SMILES string of the molecule is CCCNCCN(CCNC)CCNCCNCCNCCNCCN. The molecule has 0 fully saturated rings. The number of nitrogens with one attached hydrogen (secondary N) is 6. The van der Waals surface area contributed by atoms with E-state index in [-0.39, 0.29) is 0 Å². The summed E-state index contributed by atoms with van der Waals surface area (Å²) in [5, 5.41) is 20.4. The summed E-state index contributed by atoms with van der Waals surface area (Å²) in [6.07, 6.45) is 1.20. The van der Waals surface area contributed by atoms with E-state index in [4.69, 9.17) is 5.73 Å². The Morgan fingerprint density at radius 3 is 1.46 bits per heavy atom. The molecule has 0 spiro atoms. The first-order chi connectivity index (χ1) is 12.8. The van der Waals surface area contributed by atoms with Gasteiger partial charge in [-0.2, -0.15) is 0 Å². The van der Waals surface area contributed by atoms with Crippen molar-refractivity contribution in [2.75, 3.05) is 105 Å². The second-order valence-corrected chi connectivity index (χ2v) is 6.48. The molecular weight excluding hydrogens is 328 g/mol. The van der Waals surface area contributed by atoms with Crippen molar-refractivity contribution >= 4 is 0 Å². The lowest BCUT2D eigenvalue weighted by Gasteiger charge is -2.22. The van der Waals surface area contributed by atoms with Crippen molar-refractivity contribution in [3.63, 3.8) is 0 Å². The van der Waals surface area contributed by atoms with Gasteiger partial charge in [0, 0.05) is 91.6 Å². The van der Waals surface area contributed by atoms with Gasteiger partial charge in [0.25, 0.3) is 0 Å². The molecule has 0 atom stereocenters. The highest BCUT2D eigenvalue weighted by Crippen LogP contribution is 1.86. The lowest BCUT2D eigenvalue weighted by atomic mass is 10.4. The third-order valence-electron chi connectivity index (χ3n) is 4.07. The molecule has 0 heterocycles. The van der Waals surface area contributed by atoms with E-state index < -0.39 is 0 Å². The average Bonchev–Trinajstić information content (AvgIpc) is 2.66. The number of hydrogen-bond acceptors (Lipinski definition) is 8. The summed E-state index contributed by atoms with van der Waals surface area (Å²) in [5.74, 6) is 0. The molecule has 0 aliphatic rings. The van der Waals surface area contributed by atoms with Gasteiger partial charge in [-0.1, -0.05) is 6.92 Å². The molecule has 0 radical (unpaired) electrons. The molecule has 26 heavy (non-hydrogen) atoms. The third-order valence-corrected chi connectivity index (χ3v) is 4.07. The van der Waals surface area contributed by atoms with Crippen LogP contribution in [0.3, 0.4) is 0 Å². The van der Waals surface area contributed by atoms with Gasteiger partial charge in [-0.25, -0.2) is 0 Å². The number of hydrogen-bond donors (Lipinski definition) is 7. The highest BCUT2D eigenvalue weighted by Gasteiger charge is 2.03. The summed E-state index contributed by atoms with van der Waals surface area (Å²) < 4.78 is 0. The number of nitrogens with zero attached hydrogens (tertiary/aromatic N) is 1. The summed E-state index contributed by atoms with van der Waals surface area (Å²) in [5.41, 5.74) is 5.42. The molecule has 8 nitrogen and oxygen atoms in total. The summed E-state index contributed by atoms with van der Waals surface area (Å²) in [7, 11) is 2.02. The van der Waals surface area contributed by atoms with Crippen LogP contribution < -0.4 is 37.6 Å². The summed E-state index contributed by atoms with van der Waals surface area (Å²) in [6, 6.07) is 0. The molecule has 0 aromatic heterocycles. The van der Waals surface area contributed by atoms with Crippen LogP contribution in [-0.2, 0) is 0 Å². The molecule has 0 unspecified atom stereocenters. The predicted octanol–water partition coefficient (Wildman–Crippen LogP) is -2.18. The second kappa shape index (κ2) is 22.7. The molecule has 0 bridgehead atoms. The Morgan fingerprint density at radius 2 is 1.00 bits per heavy atom. The van der Waals surface area contributed by atoms with E-state index >= 15 is 0 Å². The largest absolute Gasteiger partial charge is 0.329 e. The molecule has 0 aliphatic carbocycles. The molecular formula is C18H46N8. The maximum Gasteiger partial charge on any atom is 0.0108 e. The summed E-state index contributed by atoms with van der Waals surface area (Å²) in [6.45, 7) is 17.5. The van der Waals surface area contributed by atoms with Crippen LogP contribution in [0.2, 0.25) is 0 Å². The molecule has 0 aromatic carbocycles. The first kappa shape index (κ1) is 25.7. The normalized spacial score (nSPS) is 11.5. The van der Waals surface area contributed by atoms with Crippen molar-refractivity contribution in [1.29, 1.82) is 0 Å². The van der Waals surface area contributed by atoms with Crippen LogP contribution in [0.4, 0.5) is 0 Å². The Morgan fingerprint density at radius 1 is 0.577 bits per heavy atom. The zero-order valence-electron chi connectivity index (χ0n) is 17.3. The fraction of sp³-hybridized carbons (Fsp3) is 1.00. The van der Waals surface area contributed by atoms with Crippen molar-refractivity contribution in [2.24, 2.45) is 5.73 Å². The van der Waals surface area contributed by atoms with Gasteiger partial charge >= 0.3 is 0 Å². The average molecular weight is 375 g/mol. The molecule has 0 rings (SSSR count). The predicted molar refractivity (Wildman–Crippen MR) is 114 cm³/mol. The van der Waals surface area contributed by atoms with Crippen molar-refractivity contribution in [1.82, 2.24) is 36.8 Å². The van der Waals surface area contributed by atoms with Crippen LogP contribution in [0.25, 0.3) is 0 Å². The van der Waals surface area contributed by atoms with Gasteiger partial charge in [-0.15, -0.1) is 0 Å². The van der Waals surface area contributed by atoms with Crippen LogP contribution in [-0.4, -0.2) is 110 Å². The van der Waals surface area contributed by atoms with Crippen molar-refractivity contribution in [2.45, 2.75) is 13.3 Å². The monoisotopic (exact) mass is 374 g/mol. The molecule has 0 saturated carbocycles. The van der Waals surface area contributed by atoms with E-state index in [1.54, 1.807) is 0 Å². The van der Waals surface area contributed by atoms with Crippen molar-refractivity contribution in [3.05, 3.63) is 0 Å². The lowest BCUT2D eigenvalue weighted by molar-refractivity contribution is 0.274. The van der Waals surface area contributed by atoms with Crippen LogP contribution in [0.5, 0.6) is 0 Å². The topological polar surface area (TPSA) is 101 Å². The Bertz CT molecular complexity index is 255. The highest BCUT2D eigenvalue weighted by molar-refractivity contribution is 4.64. The van der Waals surface area contributed by atoms with E-state index in [1.165, 1.54) is 6.42 Å². The van der Waals surface area contributed by atoms with Gasteiger partial charge in [-0.3, -0.25) is 4.90 Å². The second-order valence-electron chi connectivity index (χ2n) is 6.48. The summed E-state index contributed by atoms with van der Waals surface area (Å²) >= 11 is 0. The van der Waals surface area contributed by atoms with Crippen molar-refractivity contribution < 1.29 is 0 Å². The van der Waals surface area contributed by atoms with Crippen LogP contribution >= 0.6 is 0 Å². The van der Waals surface area contributed by atoms with Gasteiger partial charge in [0.05, 0.1) is 0 Å². The lowest BCUT2D eigenvalue weighted by Crippen LogP contribution is -2.41. The fourth-order valence-corrected chi connectivity index (χ4v) is 2.51. The maximum absolute atomic E-state index is 5.42. The smallest absolute Gasteiger partial charge is 0.0108 e. The Labute approximate surface area is 161 Å². The molecule has 0 saturated heterocycles. The van der Waals surface area contributed by atoms with Gasteiger partial charge in [0.15, 0.2) is 0 Å². The van der Waals surface area contributed by atoms with Crippen LogP contribution in [0.15, 0.2) is 0 Å².